The maximum atomic E-state index is 11.4. The summed E-state index contributed by atoms with van der Waals surface area (Å²) in [6, 6.07) is 3.65. The first-order valence-electron chi connectivity index (χ1n) is 4.80. The van der Waals surface area contributed by atoms with Crippen molar-refractivity contribution >= 4 is 33.2 Å². The lowest BCUT2D eigenvalue weighted by Gasteiger charge is -2.27. The van der Waals surface area contributed by atoms with Crippen molar-refractivity contribution in [3.63, 3.8) is 0 Å². The van der Waals surface area contributed by atoms with E-state index in [1.165, 1.54) is 10.6 Å². The number of fused-ring (bicyclic) bond motifs is 1. The molecule has 0 aromatic heterocycles. The Labute approximate surface area is 105 Å². The number of halogens is 2. The number of rotatable bonds is 1. The van der Waals surface area contributed by atoms with E-state index in [0.717, 1.165) is 11.1 Å². The van der Waals surface area contributed by atoms with Gasteiger partial charge in [0.1, 0.15) is 0 Å². The SMILES string of the molecule is CS(=O)(=O)N1CCc2ccc(Cl)c(Cl)c2C1. The van der Waals surface area contributed by atoms with Gasteiger partial charge in [0.15, 0.2) is 0 Å². The van der Waals surface area contributed by atoms with Gasteiger partial charge in [-0.25, -0.2) is 8.42 Å². The molecule has 0 spiro atoms. The first kappa shape index (κ1) is 12.2. The summed E-state index contributed by atoms with van der Waals surface area (Å²) in [5.41, 5.74) is 1.90. The molecule has 1 aliphatic rings. The molecule has 0 unspecified atom stereocenters. The second-order valence-electron chi connectivity index (χ2n) is 3.85. The van der Waals surface area contributed by atoms with E-state index in [0.29, 0.717) is 29.6 Å². The highest BCUT2D eigenvalue weighted by atomic mass is 35.5. The fourth-order valence-electron chi connectivity index (χ4n) is 1.82. The summed E-state index contributed by atoms with van der Waals surface area (Å²) in [7, 11) is -3.17. The summed E-state index contributed by atoms with van der Waals surface area (Å²) in [5.74, 6) is 0. The summed E-state index contributed by atoms with van der Waals surface area (Å²) < 4.78 is 24.3. The summed E-state index contributed by atoms with van der Waals surface area (Å²) in [5, 5.41) is 0.934. The highest BCUT2D eigenvalue weighted by Crippen LogP contribution is 2.32. The van der Waals surface area contributed by atoms with Crippen LogP contribution in [0.25, 0.3) is 0 Å². The minimum Gasteiger partial charge on any atom is -0.212 e. The van der Waals surface area contributed by atoms with Crippen LogP contribution in [0.5, 0.6) is 0 Å². The van der Waals surface area contributed by atoms with Crippen LogP contribution in [0, 0.1) is 0 Å². The minimum atomic E-state index is -3.17. The van der Waals surface area contributed by atoms with Gasteiger partial charge < -0.3 is 0 Å². The predicted octanol–water partition coefficient (Wildman–Crippen LogP) is 2.31. The van der Waals surface area contributed by atoms with E-state index in [9.17, 15) is 8.42 Å². The Morgan fingerprint density at radius 2 is 2.00 bits per heavy atom. The van der Waals surface area contributed by atoms with E-state index in [1.54, 1.807) is 6.07 Å². The molecule has 0 fully saturated rings. The lowest BCUT2D eigenvalue weighted by atomic mass is 10.0. The Morgan fingerprint density at radius 1 is 1.31 bits per heavy atom. The largest absolute Gasteiger partial charge is 0.212 e. The highest BCUT2D eigenvalue weighted by Gasteiger charge is 2.25. The van der Waals surface area contributed by atoms with Crippen LogP contribution in [0.3, 0.4) is 0 Å². The average molecular weight is 280 g/mol. The van der Waals surface area contributed by atoms with Gasteiger partial charge >= 0.3 is 0 Å². The maximum absolute atomic E-state index is 11.4. The average Bonchev–Trinajstić information content (AvgIpc) is 2.22. The van der Waals surface area contributed by atoms with Gasteiger partial charge in [-0.15, -0.1) is 0 Å². The van der Waals surface area contributed by atoms with Crippen LogP contribution in [0.4, 0.5) is 0 Å². The topological polar surface area (TPSA) is 37.4 Å². The smallest absolute Gasteiger partial charge is 0.211 e. The molecule has 0 amide bonds. The molecule has 88 valence electrons. The minimum absolute atomic E-state index is 0.313. The zero-order valence-electron chi connectivity index (χ0n) is 8.70. The van der Waals surface area contributed by atoms with E-state index >= 15 is 0 Å². The molecule has 0 N–H and O–H groups in total. The molecule has 0 saturated heterocycles. The Balaban J connectivity index is 2.43. The molecule has 3 nitrogen and oxygen atoms in total. The molecule has 1 aromatic carbocycles. The van der Waals surface area contributed by atoms with Crippen LogP contribution in [-0.2, 0) is 23.0 Å². The molecular formula is C10H11Cl2NO2S. The van der Waals surface area contributed by atoms with E-state index in [4.69, 9.17) is 23.2 Å². The van der Waals surface area contributed by atoms with Gasteiger partial charge in [0.05, 0.1) is 16.3 Å². The molecule has 0 radical (unpaired) electrons. The molecule has 1 heterocycles. The fraction of sp³-hybridized carbons (Fsp3) is 0.400. The highest BCUT2D eigenvalue weighted by molar-refractivity contribution is 7.88. The molecule has 0 atom stereocenters. The summed E-state index contributed by atoms with van der Waals surface area (Å²) in [6.07, 6.45) is 1.88. The van der Waals surface area contributed by atoms with Crippen LogP contribution in [-0.4, -0.2) is 25.5 Å². The Hall–Kier alpha value is -0.290. The molecular weight excluding hydrogens is 269 g/mol. The predicted molar refractivity (Wildman–Crippen MR) is 65.4 cm³/mol. The second-order valence-corrected chi connectivity index (χ2v) is 6.61. The second kappa shape index (κ2) is 4.18. The number of nitrogens with zero attached hydrogens (tertiary/aromatic N) is 1. The fourth-order valence-corrected chi connectivity index (χ4v) is 3.03. The first-order chi connectivity index (χ1) is 7.39. The molecule has 1 aromatic rings. The third-order valence-corrected chi connectivity index (χ3v) is 4.82. The van der Waals surface area contributed by atoms with Crippen LogP contribution in [0.15, 0.2) is 12.1 Å². The van der Waals surface area contributed by atoms with Gasteiger partial charge in [0, 0.05) is 13.1 Å². The standard InChI is InChI=1S/C10H11Cl2NO2S/c1-16(14,15)13-5-4-7-2-3-9(11)10(12)8(7)6-13/h2-3H,4-6H2,1H3. The maximum Gasteiger partial charge on any atom is 0.211 e. The number of hydrogen-bond donors (Lipinski definition) is 0. The van der Waals surface area contributed by atoms with Crippen LogP contribution >= 0.6 is 23.2 Å². The van der Waals surface area contributed by atoms with Crippen LogP contribution in [0.2, 0.25) is 10.0 Å². The molecule has 6 heteroatoms. The summed E-state index contributed by atoms with van der Waals surface area (Å²) >= 11 is 12.0. The van der Waals surface area contributed by atoms with Gasteiger partial charge in [0.25, 0.3) is 0 Å². The Morgan fingerprint density at radius 3 is 2.62 bits per heavy atom. The lowest BCUT2D eigenvalue weighted by Crippen LogP contribution is -2.35. The van der Waals surface area contributed by atoms with Crippen molar-refractivity contribution in [1.29, 1.82) is 0 Å². The van der Waals surface area contributed by atoms with Crippen molar-refractivity contribution in [2.45, 2.75) is 13.0 Å². The van der Waals surface area contributed by atoms with Crippen molar-refractivity contribution in [3.05, 3.63) is 33.3 Å². The van der Waals surface area contributed by atoms with Crippen molar-refractivity contribution < 1.29 is 8.42 Å². The summed E-state index contributed by atoms with van der Waals surface area (Å²) in [4.78, 5) is 0. The van der Waals surface area contributed by atoms with Crippen molar-refractivity contribution in [2.75, 3.05) is 12.8 Å². The van der Waals surface area contributed by atoms with Gasteiger partial charge in [-0.05, 0) is 23.6 Å². The van der Waals surface area contributed by atoms with E-state index < -0.39 is 10.0 Å². The van der Waals surface area contributed by atoms with Crippen LogP contribution in [0.1, 0.15) is 11.1 Å². The van der Waals surface area contributed by atoms with E-state index in [2.05, 4.69) is 0 Å². The lowest BCUT2D eigenvalue weighted by molar-refractivity contribution is 0.395. The van der Waals surface area contributed by atoms with Crippen molar-refractivity contribution in [1.82, 2.24) is 4.31 Å². The van der Waals surface area contributed by atoms with Crippen LogP contribution < -0.4 is 0 Å². The Bertz CT molecular complexity index is 528. The van der Waals surface area contributed by atoms with Crippen molar-refractivity contribution in [3.8, 4) is 0 Å². The molecule has 0 aliphatic carbocycles. The molecule has 0 bridgehead atoms. The number of benzene rings is 1. The zero-order chi connectivity index (χ0) is 11.9. The van der Waals surface area contributed by atoms with E-state index in [1.807, 2.05) is 6.07 Å². The first-order valence-corrected chi connectivity index (χ1v) is 7.41. The molecule has 0 saturated carbocycles. The molecule has 1 aliphatic heterocycles. The van der Waals surface area contributed by atoms with Gasteiger partial charge in [-0.3, -0.25) is 0 Å². The van der Waals surface area contributed by atoms with Gasteiger partial charge in [-0.1, -0.05) is 29.3 Å². The van der Waals surface area contributed by atoms with Gasteiger partial charge in [0.2, 0.25) is 10.0 Å². The van der Waals surface area contributed by atoms with E-state index in [-0.39, 0.29) is 0 Å². The van der Waals surface area contributed by atoms with Crippen molar-refractivity contribution in [2.24, 2.45) is 0 Å². The number of sulfonamides is 1. The third kappa shape index (κ3) is 2.20. The normalized spacial score (nSPS) is 17.2. The Kier molecular flexibility index (Phi) is 3.18. The molecule has 16 heavy (non-hydrogen) atoms. The molecule has 2 rings (SSSR count). The van der Waals surface area contributed by atoms with Gasteiger partial charge in [-0.2, -0.15) is 4.31 Å². The monoisotopic (exact) mass is 279 g/mol. The number of hydrogen-bond acceptors (Lipinski definition) is 2. The summed E-state index contributed by atoms with van der Waals surface area (Å²) in [6.45, 7) is 0.817. The zero-order valence-corrected chi connectivity index (χ0v) is 11.0. The quantitative estimate of drug-likeness (QED) is 0.791. The third-order valence-electron chi connectivity index (χ3n) is 2.73.